The molecular weight excluding hydrogens is 350 g/mol. The number of hydrogen-bond acceptors (Lipinski definition) is 5. The highest BCUT2D eigenvalue weighted by Gasteiger charge is 2.33. The van der Waals surface area contributed by atoms with Crippen LogP contribution in [-0.2, 0) is 20.9 Å². The van der Waals surface area contributed by atoms with Gasteiger partial charge in [-0.25, -0.2) is 9.48 Å². The highest BCUT2D eigenvalue weighted by atomic mass is 28.3. The number of ether oxygens (including phenoxy) is 3. The third-order valence-corrected chi connectivity index (χ3v) is 5.67. The normalized spacial score (nSPS) is 21.0. The summed E-state index contributed by atoms with van der Waals surface area (Å²) in [7, 11) is -1.08. The number of carbonyl (C=O) groups excluding carboxylic acids is 1. The SMILES string of the molecule is CC(C)(C)OC(=O)NC1CCOC1c1ccn(COCC[Si](C)(C)C)n1. The van der Waals surface area contributed by atoms with Crippen LogP contribution in [0.25, 0.3) is 0 Å². The second-order valence-electron chi connectivity index (χ2n) is 8.96. The highest BCUT2D eigenvalue weighted by molar-refractivity contribution is 6.76. The smallest absolute Gasteiger partial charge is 0.407 e. The van der Waals surface area contributed by atoms with Crippen LogP contribution in [-0.4, -0.2) is 48.8 Å². The van der Waals surface area contributed by atoms with E-state index in [-0.39, 0.29) is 12.1 Å². The lowest BCUT2D eigenvalue weighted by Gasteiger charge is -2.23. The molecule has 7 nitrogen and oxygen atoms in total. The van der Waals surface area contributed by atoms with Crippen LogP contribution >= 0.6 is 0 Å². The van der Waals surface area contributed by atoms with Gasteiger partial charge in [-0.15, -0.1) is 0 Å². The van der Waals surface area contributed by atoms with Crippen LogP contribution < -0.4 is 5.32 Å². The molecule has 1 aromatic heterocycles. The number of nitrogens with zero attached hydrogens (tertiary/aromatic N) is 2. The van der Waals surface area contributed by atoms with Gasteiger partial charge < -0.3 is 19.5 Å². The van der Waals surface area contributed by atoms with E-state index >= 15 is 0 Å². The Kier molecular flexibility index (Phi) is 6.87. The van der Waals surface area contributed by atoms with Crippen molar-refractivity contribution in [2.45, 2.75) is 77.4 Å². The summed E-state index contributed by atoms with van der Waals surface area (Å²) in [4.78, 5) is 12.0. The van der Waals surface area contributed by atoms with E-state index in [9.17, 15) is 4.79 Å². The summed E-state index contributed by atoms with van der Waals surface area (Å²) in [5.41, 5.74) is 0.283. The Hall–Kier alpha value is -1.38. The van der Waals surface area contributed by atoms with Gasteiger partial charge in [0.2, 0.25) is 0 Å². The van der Waals surface area contributed by atoms with Crippen LogP contribution in [0.1, 0.15) is 39.0 Å². The predicted molar refractivity (Wildman–Crippen MR) is 103 cm³/mol. The molecule has 0 aromatic carbocycles. The predicted octanol–water partition coefficient (Wildman–Crippen LogP) is 3.55. The topological polar surface area (TPSA) is 74.6 Å². The lowest BCUT2D eigenvalue weighted by Crippen LogP contribution is -2.40. The summed E-state index contributed by atoms with van der Waals surface area (Å²) in [5.74, 6) is 0. The average Bonchev–Trinajstić information content (AvgIpc) is 3.09. The fraction of sp³-hybridized carbons (Fsp3) is 0.778. The highest BCUT2D eigenvalue weighted by Crippen LogP contribution is 2.28. The summed E-state index contributed by atoms with van der Waals surface area (Å²) in [6.07, 6.45) is 1.94. The van der Waals surface area contributed by atoms with E-state index in [1.54, 1.807) is 4.68 Å². The van der Waals surface area contributed by atoms with Crippen molar-refractivity contribution < 1.29 is 19.0 Å². The second kappa shape index (κ2) is 8.54. The third-order valence-electron chi connectivity index (χ3n) is 3.97. The van der Waals surface area contributed by atoms with Crippen molar-refractivity contribution in [3.63, 3.8) is 0 Å². The molecular formula is C18H33N3O4Si. The van der Waals surface area contributed by atoms with Gasteiger partial charge >= 0.3 is 6.09 Å². The van der Waals surface area contributed by atoms with Crippen LogP contribution in [0.4, 0.5) is 4.79 Å². The molecule has 2 rings (SSSR count). The first-order chi connectivity index (χ1) is 12.0. The molecule has 0 bridgehead atoms. The van der Waals surface area contributed by atoms with Crippen molar-refractivity contribution in [2.24, 2.45) is 0 Å². The Morgan fingerprint density at radius 1 is 1.42 bits per heavy atom. The Morgan fingerprint density at radius 3 is 2.81 bits per heavy atom. The van der Waals surface area contributed by atoms with Crippen LogP contribution in [0.15, 0.2) is 12.3 Å². The molecule has 2 atom stereocenters. The van der Waals surface area contributed by atoms with Gasteiger partial charge in [0, 0.05) is 27.5 Å². The number of alkyl carbamates (subject to hydrolysis) is 1. The molecule has 1 saturated heterocycles. The molecule has 2 unspecified atom stereocenters. The van der Waals surface area contributed by atoms with Crippen molar-refractivity contribution >= 4 is 14.2 Å². The molecule has 0 spiro atoms. The minimum atomic E-state index is -1.08. The standard InChI is InChI=1S/C18H33N3O4Si/c1-18(2,3)25-17(22)19-14-8-10-24-16(14)15-7-9-21(20-15)13-23-11-12-26(4,5)6/h7,9,14,16H,8,10-13H2,1-6H3,(H,19,22). The van der Waals surface area contributed by atoms with Gasteiger partial charge in [-0.2, -0.15) is 5.10 Å². The van der Waals surface area contributed by atoms with Gasteiger partial charge in [0.05, 0.1) is 11.7 Å². The van der Waals surface area contributed by atoms with Crippen LogP contribution in [0.3, 0.4) is 0 Å². The minimum Gasteiger partial charge on any atom is -0.444 e. The number of hydrogen-bond donors (Lipinski definition) is 1. The zero-order valence-electron chi connectivity index (χ0n) is 16.9. The third kappa shape index (κ3) is 7.09. The number of carbonyl (C=O) groups is 1. The Morgan fingerprint density at radius 2 is 2.15 bits per heavy atom. The summed E-state index contributed by atoms with van der Waals surface area (Å²) in [5, 5.41) is 7.44. The molecule has 1 aliphatic heterocycles. The van der Waals surface area contributed by atoms with Crippen LogP contribution in [0.2, 0.25) is 25.7 Å². The van der Waals surface area contributed by atoms with E-state index < -0.39 is 19.8 Å². The molecule has 2 heterocycles. The summed E-state index contributed by atoms with van der Waals surface area (Å²) in [6.45, 7) is 14.3. The van der Waals surface area contributed by atoms with Gasteiger partial charge in [-0.1, -0.05) is 19.6 Å². The van der Waals surface area contributed by atoms with Crippen LogP contribution in [0.5, 0.6) is 0 Å². The summed E-state index contributed by atoms with van der Waals surface area (Å²) < 4.78 is 18.6. The van der Waals surface area contributed by atoms with Crippen molar-refractivity contribution in [3.8, 4) is 0 Å². The lowest BCUT2D eigenvalue weighted by molar-refractivity contribution is 0.0437. The molecule has 1 aromatic rings. The number of nitrogens with one attached hydrogen (secondary N) is 1. The quantitative estimate of drug-likeness (QED) is 0.576. The first kappa shape index (κ1) is 20.9. The first-order valence-corrected chi connectivity index (χ1v) is 13.0. The first-order valence-electron chi connectivity index (χ1n) is 9.26. The summed E-state index contributed by atoms with van der Waals surface area (Å²) >= 11 is 0. The second-order valence-corrected chi connectivity index (χ2v) is 14.6. The van der Waals surface area contributed by atoms with Crippen LogP contribution in [0, 0.1) is 0 Å². The fourth-order valence-electron chi connectivity index (χ4n) is 2.63. The van der Waals surface area contributed by atoms with E-state index in [1.165, 1.54) is 0 Å². The Labute approximate surface area is 157 Å². The maximum atomic E-state index is 12.0. The monoisotopic (exact) mass is 383 g/mol. The summed E-state index contributed by atoms with van der Waals surface area (Å²) in [6, 6.07) is 2.91. The molecule has 26 heavy (non-hydrogen) atoms. The minimum absolute atomic E-state index is 0.138. The van der Waals surface area contributed by atoms with Crippen molar-refractivity contribution in [3.05, 3.63) is 18.0 Å². The fourth-order valence-corrected chi connectivity index (χ4v) is 3.38. The molecule has 1 N–H and O–H groups in total. The van der Waals surface area contributed by atoms with E-state index in [0.29, 0.717) is 13.3 Å². The average molecular weight is 384 g/mol. The molecule has 1 fully saturated rings. The Bertz CT molecular complexity index is 592. The van der Waals surface area contributed by atoms with Gasteiger partial charge in [-0.05, 0) is 39.3 Å². The van der Waals surface area contributed by atoms with Crippen molar-refractivity contribution in [1.82, 2.24) is 15.1 Å². The van der Waals surface area contributed by atoms with Gasteiger partial charge in [0.25, 0.3) is 0 Å². The zero-order chi connectivity index (χ0) is 19.4. The van der Waals surface area contributed by atoms with E-state index in [1.807, 2.05) is 33.0 Å². The van der Waals surface area contributed by atoms with E-state index in [0.717, 1.165) is 24.8 Å². The number of amides is 1. The molecule has 0 saturated carbocycles. The van der Waals surface area contributed by atoms with E-state index in [2.05, 4.69) is 30.1 Å². The molecule has 1 amide bonds. The van der Waals surface area contributed by atoms with Crippen molar-refractivity contribution in [2.75, 3.05) is 13.2 Å². The van der Waals surface area contributed by atoms with Gasteiger partial charge in [0.15, 0.2) is 0 Å². The van der Waals surface area contributed by atoms with Gasteiger partial charge in [-0.3, -0.25) is 0 Å². The largest absolute Gasteiger partial charge is 0.444 e. The molecule has 148 valence electrons. The van der Waals surface area contributed by atoms with E-state index in [4.69, 9.17) is 14.2 Å². The molecule has 8 heteroatoms. The Balaban J connectivity index is 1.85. The number of aromatic nitrogens is 2. The maximum absolute atomic E-state index is 12.0. The molecule has 0 radical (unpaired) electrons. The molecule has 0 aliphatic carbocycles. The number of rotatable bonds is 7. The molecule has 1 aliphatic rings. The maximum Gasteiger partial charge on any atom is 0.407 e. The zero-order valence-corrected chi connectivity index (χ0v) is 17.9. The van der Waals surface area contributed by atoms with Crippen molar-refractivity contribution in [1.29, 1.82) is 0 Å². The lowest BCUT2D eigenvalue weighted by atomic mass is 10.1. The van der Waals surface area contributed by atoms with Gasteiger partial charge in [0.1, 0.15) is 18.4 Å².